The normalized spacial score (nSPS) is 10.7. The molecule has 0 unspecified atom stereocenters. The first-order valence-electron chi connectivity index (χ1n) is 5.65. The minimum absolute atomic E-state index is 0.00411. The first-order chi connectivity index (χ1) is 9.66. The Morgan fingerprint density at radius 2 is 2.10 bits per heavy atom. The van der Waals surface area contributed by atoms with E-state index in [0.717, 1.165) is 0 Å². The van der Waals surface area contributed by atoms with Gasteiger partial charge >= 0.3 is 0 Å². The summed E-state index contributed by atoms with van der Waals surface area (Å²) in [7, 11) is 0. The number of H-pyrrole nitrogens is 1. The van der Waals surface area contributed by atoms with Crippen molar-refractivity contribution in [1.82, 2.24) is 15.0 Å². The lowest BCUT2D eigenvalue weighted by molar-refractivity contribution is 0.453. The van der Waals surface area contributed by atoms with E-state index < -0.39 is 17.3 Å². The summed E-state index contributed by atoms with van der Waals surface area (Å²) in [5.41, 5.74) is -0.805. The van der Waals surface area contributed by atoms with Gasteiger partial charge in [0.1, 0.15) is 11.4 Å². The van der Waals surface area contributed by atoms with Crippen molar-refractivity contribution in [3.8, 4) is 27.8 Å². The van der Waals surface area contributed by atoms with E-state index in [4.69, 9.17) is 0 Å². The Kier molecular flexibility index (Phi) is 3.03. The summed E-state index contributed by atoms with van der Waals surface area (Å²) in [6.45, 7) is 0. The van der Waals surface area contributed by atoms with Gasteiger partial charge in [0, 0.05) is 17.1 Å². The Morgan fingerprint density at radius 1 is 1.30 bits per heavy atom. The molecule has 0 aliphatic heterocycles. The average Bonchev–Trinajstić information content (AvgIpc) is 2.94. The van der Waals surface area contributed by atoms with Crippen LogP contribution < -0.4 is 5.56 Å². The van der Waals surface area contributed by atoms with E-state index in [1.54, 1.807) is 17.6 Å². The molecule has 100 valence electrons. The van der Waals surface area contributed by atoms with E-state index in [1.807, 2.05) is 0 Å². The highest BCUT2D eigenvalue weighted by molar-refractivity contribution is 7.12. The van der Waals surface area contributed by atoms with Gasteiger partial charge in [-0.25, -0.2) is 9.37 Å². The zero-order chi connectivity index (χ0) is 14.1. The van der Waals surface area contributed by atoms with Gasteiger partial charge in [-0.05, 0) is 6.07 Å². The molecule has 0 bridgehead atoms. The number of benzene rings is 1. The van der Waals surface area contributed by atoms with Crippen LogP contribution in [0.15, 0.2) is 40.6 Å². The minimum Gasteiger partial charge on any atom is -0.493 e. The third-order valence-electron chi connectivity index (χ3n) is 2.68. The van der Waals surface area contributed by atoms with E-state index >= 15 is 0 Å². The number of thiazole rings is 1. The predicted molar refractivity (Wildman–Crippen MR) is 73.0 cm³/mol. The quantitative estimate of drug-likeness (QED) is 0.759. The zero-order valence-electron chi connectivity index (χ0n) is 10.0. The van der Waals surface area contributed by atoms with Crippen molar-refractivity contribution in [2.75, 3.05) is 0 Å². The van der Waals surface area contributed by atoms with Gasteiger partial charge in [-0.1, -0.05) is 18.2 Å². The molecule has 7 heteroatoms. The molecule has 5 nitrogen and oxygen atoms in total. The second-order valence-corrected chi connectivity index (χ2v) is 4.82. The van der Waals surface area contributed by atoms with Crippen molar-refractivity contribution in [1.29, 1.82) is 0 Å². The largest absolute Gasteiger partial charge is 0.493 e. The smallest absolute Gasteiger partial charge is 0.263 e. The van der Waals surface area contributed by atoms with Crippen molar-refractivity contribution < 1.29 is 9.50 Å². The Labute approximate surface area is 116 Å². The Hall–Kier alpha value is -2.54. The maximum Gasteiger partial charge on any atom is 0.263 e. The number of nitrogens with zero attached hydrogens (tertiary/aromatic N) is 2. The van der Waals surface area contributed by atoms with Crippen molar-refractivity contribution in [3.63, 3.8) is 0 Å². The third-order valence-corrected chi connectivity index (χ3v) is 3.46. The molecule has 0 amide bonds. The summed E-state index contributed by atoms with van der Waals surface area (Å²) >= 11 is 1.27. The number of nitrogens with one attached hydrogen (secondary N) is 1. The SMILES string of the molecule is O=c1[nH]c(-c2nccs2)nc(O)c1-c1ccccc1F. The molecule has 1 aromatic carbocycles. The summed E-state index contributed by atoms with van der Waals surface area (Å²) in [6, 6.07) is 5.70. The first-order valence-corrected chi connectivity index (χ1v) is 6.53. The van der Waals surface area contributed by atoms with Crippen LogP contribution in [0.1, 0.15) is 0 Å². The van der Waals surface area contributed by atoms with Crippen LogP contribution in [0.3, 0.4) is 0 Å². The molecule has 0 atom stereocenters. The third kappa shape index (κ3) is 2.08. The fourth-order valence-electron chi connectivity index (χ4n) is 1.81. The van der Waals surface area contributed by atoms with Crippen LogP contribution in [0.25, 0.3) is 22.0 Å². The van der Waals surface area contributed by atoms with Crippen LogP contribution in [0.2, 0.25) is 0 Å². The summed E-state index contributed by atoms with van der Waals surface area (Å²) in [4.78, 5) is 22.4. The topological polar surface area (TPSA) is 78.9 Å². The van der Waals surface area contributed by atoms with E-state index in [0.29, 0.717) is 5.01 Å². The number of rotatable bonds is 2. The Bertz CT molecular complexity index is 815. The second-order valence-electron chi connectivity index (χ2n) is 3.93. The molecular weight excluding hydrogens is 281 g/mol. The maximum atomic E-state index is 13.7. The molecular formula is C13H8FN3O2S. The van der Waals surface area contributed by atoms with Gasteiger partial charge in [0.15, 0.2) is 10.8 Å². The predicted octanol–water partition coefficient (Wildman–Crippen LogP) is 2.41. The van der Waals surface area contributed by atoms with Crippen LogP contribution in [0.4, 0.5) is 4.39 Å². The number of aromatic amines is 1. The van der Waals surface area contributed by atoms with E-state index in [-0.39, 0.29) is 17.0 Å². The molecule has 2 N–H and O–H groups in total. The average molecular weight is 289 g/mol. The summed E-state index contributed by atoms with van der Waals surface area (Å²) in [6.07, 6.45) is 1.56. The molecule has 2 aromatic heterocycles. The molecule has 0 fully saturated rings. The van der Waals surface area contributed by atoms with E-state index in [1.165, 1.54) is 29.5 Å². The number of hydrogen-bond donors (Lipinski definition) is 2. The Balaban J connectivity index is 2.20. The fourth-order valence-corrected chi connectivity index (χ4v) is 2.39. The Morgan fingerprint density at radius 3 is 2.75 bits per heavy atom. The van der Waals surface area contributed by atoms with Gasteiger partial charge < -0.3 is 10.1 Å². The molecule has 2 heterocycles. The van der Waals surface area contributed by atoms with Crippen LogP contribution in [0, 0.1) is 5.82 Å². The van der Waals surface area contributed by atoms with Crippen LogP contribution in [0.5, 0.6) is 5.88 Å². The van der Waals surface area contributed by atoms with Crippen LogP contribution in [-0.2, 0) is 0 Å². The number of halogens is 1. The monoisotopic (exact) mass is 289 g/mol. The summed E-state index contributed by atoms with van der Waals surface area (Å²) in [5.74, 6) is -0.969. The molecule has 0 radical (unpaired) electrons. The van der Waals surface area contributed by atoms with Crippen molar-refractivity contribution in [2.24, 2.45) is 0 Å². The lowest BCUT2D eigenvalue weighted by Gasteiger charge is -2.05. The van der Waals surface area contributed by atoms with Crippen LogP contribution >= 0.6 is 11.3 Å². The highest BCUT2D eigenvalue weighted by atomic mass is 32.1. The molecule has 3 aromatic rings. The summed E-state index contributed by atoms with van der Waals surface area (Å²) in [5, 5.41) is 12.1. The number of hydrogen-bond acceptors (Lipinski definition) is 5. The maximum absolute atomic E-state index is 13.7. The van der Waals surface area contributed by atoms with E-state index in [9.17, 15) is 14.3 Å². The molecule has 0 aliphatic rings. The summed E-state index contributed by atoms with van der Waals surface area (Å²) < 4.78 is 13.7. The second kappa shape index (κ2) is 4.86. The highest BCUT2D eigenvalue weighted by Gasteiger charge is 2.17. The molecule has 0 saturated carbocycles. The van der Waals surface area contributed by atoms with E-state index in [2.05, 4.69) is 15.0 Å². The van der Waals surface area contributed by atoms with Gasteiger partial charge in [0.05, 0.1) is 0 Å². The van der Waals surface area contributed by atoms with Gasteiger partial charge in [0.25, 0.3) is 5.56 Å². The van der Waals surface area contributed by atoms with Crippen LogP contribution in [-0.4, -0.2) is 20.1 Å². The van der Waals surface area contributed by atoms with Crippen molar-refractivity contribution in [3.05, 3.63) is 52.0 Å². The fraction of sp³-hybridized carbons (Fsp3) is 0. The standard InChI is InChI=1S/C13H8FN3O2S/c14-8-4-2-1-3-7(8)9-11(18)16-10(17-12(9)19)13-15-5-6-20-13/h1-6H,(H2,16,17,18,19). The number of aromatic nitrogens is 3. The molecule has 3 rings (SSSR count). The first kappa shape index (κ1) is 12.5. The minimum atomic E-state index is -0.618. The lowest BCUT2D eigenvalue weighted by atomic mass is 10.1. The van der Waals surface area contributed by atoms with Gasteiger partial charge in [-0.15, -0.1) is 11.3 Å². The molecule has 0 aliphatic carbocycles. The van der Waals surface area contributed by atoms with Crippen molar-refractivity contribution >= 4 is 11.3 Å². The highest BCUT2D eigenvalue weighted by Crippen LogP contribution is 2.27. The lowest BCUT2D eigenvalue weighted by Crippen LogP contribution is -2.12. The molecule has 0 saturated heterocycles. The zero-order valence-corrected chi connectivity index (χ0v) is 10.8. The van der Waals surface area contributed by atoms with Gasteiger partial charge in [-0.2, -0.15) is 4.98 Å². The van der Waals surface area contributed by atoms with Gasteiger partial charge in [-0.3, -0.25) is 4.79 Å². The van der Waals surface area contributed by atoms with Crippen molar-refractivity contribution in [2.45, 2.75) is 0 Å². The molecule has 20 heavy (non-hydrogen) atoms. The molecule has 0 spiro atoms. The van der Waals surface area contributed by atoms with Gasteiger partial charge in [0.2, 0.25) is 5.88 Å². The number of aromatic hydroxyl groups is 1.